The van der Waals surface area contributed by atoms with E-state index in [1.165, 1.54) is 52.3 Å². The summed E-state index contributed by atoms with van der Waals surface area (Å²) >= 11 is 9.99. The van der Waals surface area contributed by atoms with Crippen LogP contribution in [0.3, 0.4) is 0 Å². The molecule has 3 aliphatic heterocycles. The number of rotatable bonds is 24. The van der Waals surface area contributed by atoms with Crippen LogP contribution in [-0.2, 0) is 58.9 Å². The summed E-state index contributed by atoms with van der Waals surface area (Å²) in [6, 6.07) is 2.58. The topological polar surface area (TPSA) is 345 Å². The summed E-state index contributed by atoms with van der Waals surface area (Å²) in [4.78, 5) is 122. The fraction of sp³-hybridized carbons (Fsp3) is 0.550. The first-order valence-electron chi connectivity index (χ1n) is 28.5. The van der Waals surface area contributed by atoms with E-state index in [4.69, 9.17) is 45.8 Å². The molecule has 2 fully saturated rings. The molecule has 10 atom stereocenters. The first-order chi connectivity index (χ1) is 41.0. The van der Waals surface area contributed by atoms with Crippen LogP contribution in [0.15, 0.2) is 66.3 Å². The van der Waals surface area contributed by atoms with E-state index in [1.54, 1.807) is 52.0 Å². The van der Waals surface area contributed by atoms with E-state index in [-0.39, 0.29) is 66.0 Å². The number of aromatic hydroxyl groups is 1. The van der Waals surface area contributed by atoms with E-state index in [0.29, 0.717) is 37.1 Å². The number of alkyl halides is 1. The van der Waals surface area contributed by atoms with E-state index in [0.717, 1.165) is 22.1 Å². The summed E-state index contributed by atoms with van der Waals surface area (Å²) in [6.45, 7) is 13.9. The number of phenols is 1. The van der Waals surface area contributed by atoms with Crippen molar-refractivity contribution in [1.29, 1.82) is 0 Å². The monoisotopic (exact) mass is 1300 g/mol. The van der Waals surface area contributed by atoms with E-state index >= 15 is 0 Å². The Labute approximate surface area is 519 Å². The van der Waals surface area contributed by atoms with Gasteiger partial charge < -0.3 is 75.4 Å². The lowest BCUT2D eigenvalue weighted by molar-refractivity contribution is -0.158. The van der Waals surface area contributed by atoms with Gasteiger partial charge in [0.1, 0.15) is 58.6 Å². The fourth-order valence-electron chi connectivity index (χ4n) is 10.1. The number of hydrogen-bond acceptors (Lipinski definition) is 17. The fourth-order valence-corrected chi connectivity index (χ4v) is 10.6. The number of halogens is 2. The van der Waals surface area contributed by atoms with Crippen LogP contribution in [0.4, 0.5) is 21.0 Å². The number of carbonyl (C=O) groups excluding carboxylic acids is 9. The highest BCUT2D eigenvalue weighted by Crippen LogP contribution is 2.49. The number of likely N-dealkylation sites (N-methyl/N-ethyl adjacent to an activating group) is 1. The minimum absolute atomic E-state index is 0.0303. The lowest BCUT2D eigenvalue weighted by atomic mass is 9.83. The molecule has 3 aliphatic rings. The number of alkyl carbamates (subject to hydrolysis) is 1. The number of urea groups is 1. The zero-order valence-corrected chi connectivity index (χ0v) is 53.1. The number of benzene rings is 2. The van der Waals surface area contributed by atoms with Gasteiger partial charge in [-0.3, -0.25) is 29.3 Å². The molecule has 0 unspecified atom stereocenters. The molecule has 0 spiro atoms. The van der Waals surface area contributed by atoms with Crippen molar-refractivity contribution in [2.45, 2.75) is 153 Å². The number of esters is 2. The van der Waals surface area contributed by atoms with Gasteiger partial charge in [-0.15, -0.1) is 0 Å². The third-order valence-corrected chi connectivity index (χ3v) is 16.6. The minimum atomic E-state index is -1.93. The molecule has 87 heavy (non-hydrogen) atoms. The van der Waals surface area contributed by atoms with Gasteiger partial charge in [-0.25, -0.2) is 19.2 Å². The minimum Gasteiger partial charge on any atom is -0.506 e. The molecule has 3 heterocycles. The molecule has 8 amide bonds. The molecule has 0 saturated carbocycles. The molecule has 478 valence electrons. The highest BCUT2D eigenvalue weighted by atomic mass is 79.9. The molecule has 2 saturated heterocycles. The number of aliphatic hydroxyl groups is 1. The van der Waals surface area contributed by atoms with Gasteiger partial charge >= 0.3 is 24.1 Å². The number of hydrogen-bond donors (Lipinski definition) is 8. The first-order valence-corrected chi connectivity index (χ1v) is 30.0. The Bertz CT molecular complexity index is 2960. The third-order valence-electron chi connectivity index (χ3n) is 15.6. The standard InChI is InChI=1S/C60H82BrClN8O17/c1-32(2)50(67-47(72)20-13-12-14-24-84-55(77)34(4)31-61)53(75)66-40(18-16-23-64-57(63)79)52(74)65-39-22-21-38(28-42(39)71)54(76)69(8)36(6)56(78)86-46-29-48(73)70(9)41-26-37(27-43(82-10)49(41)62)25-33(3)17-15-19-45(83-11)60(81)30-44(85-58(80)68-60)35(5)51-59(46,7)87-51/h15,17,19,21-22,26-28,32,35-36,40,44-46,50-51,71,81H,4,12-14,16,18,20,23-25,29-31H2,1-3,5-11H3,(H,65,74)(H,66,75)(H,67,72)(H,68,80)(H3,63,64,79)/b19-15+,33-17+/t35-,36+,40+,44+,45-,46+,50+,51+,59+,60+/m1/s1. The van der Waals surface area contributed by atoms with Gasteiger partial charge in [0, 0.05) is 63.0 Å². The van der Waals surface area contributed by atoms with Gasteiger partial charge in [-0.05, 0) is 101 Å². The van der Waals surface area contributed by atoms with E-state index < -0.39 is 131 Å². The molecular weight excluding hydrogens is 1220 g/mol. The quantitative estimate of drug-likeness (QED) is 0.0121. The van der Waals surface area contributed by atoms with Crippen LogP contribution in [0, 0.1) is 11.8 Å². The zero-order chi connectivity index (χ0) is 64.7. The molecule has 4 bridgehead atoms. The van der Waals surface area contributed by atoms with E-state index in [9.17, 15) is 53.4 Å². The summed E-state index contributed by atoms with van der Waals surface area (Å²) in [5.41, 5.74) is 3.79. The van der Waals surface area contributed by atoms with Gasteiger partial charge in [-0.2, -0.15) is 0 Å². The number of phenolic OH excluding ortho intramolecular Hbond substituents is 1. The van der Waals surface area contributed by atoms with Crippen LogP contribution >= 0.6 is 27.5 Å². The predicted octanol–water partition coefficient (Wildman–Crippen LogP) is 5.60. The Morgan fingerprint density at radius 3 is 2.39 bits per heavy atom. The Morgan fingerprint density at radius 2 is 1.75 bits per heavy atom. The maximum absolute atomic E-state index is 14.5. The number of nitrogens with one attached hydrogen (secondary N) is 5. The van der Waals surface area contributed by atoms with Gasteiger partial charge in [0.15, 0.2) is 5.72 Å². The molecule has 2 aromatic rings. The molecule has 0 aliphatic carbocycles. The summed E-state index contributed by atoms with van der Waals surface area (Å²) in [6.07, 6.45) is 1.53. The van der Waals surface area contributed by atoms with Crippen molar-refractivity contribution in [2.75, 3.05) is 57.0 Å². The van der Waals surface area contributed by atoms with Crippen molar-refractivity contribution >= 4 is 92.5 Å². The number of anilines is 2. The molecule has 5 rings (SSSR count). The van der Waals surface area contributed by atoms with E-state index in [2.05, 4.69) is 49.1 Å². The Kier molecular flexibility index (Phi) is 25.6. The normalized spacial score (nSPS) is 24.0. The van der Waals surface area contributed by atoms with Crippen LogP contribution in [0.5, 0.6) is 11.5 Å². The number of allylic oxidation sites excluding steroid dienone is 3. The number of nitrogens with zero attached hydrogens (tertiary/aromatic N) is 2. The average molecular weight is 1300 g/mol. The van der Waals surface area contributed by atoms with Gasteiger partial charge in [0.25, 0.3) is 5.91 Å². The largest absolute Gasteiger partial charge is 0.506 e. The second kappa shape index (κ2) is 31.6. The number of methoxy groups -OCH3 is 2. The van der Waals surface area contributed by atoms with E-state index in [1.807, 2.05) is 13.0 Å². The average Bonchev–Trinajstić information content (AvgIpc) is 1.59. The second-order valence-electron chi connectivity index (χ2n) is 22.5. The molecule has 0 radical (unpaired) electrons. The third kappa shape index (κ3) is 18.9. The SMILES string of the molecule is C=C(CBr)C(=O)OCCCCCC(=O)N[C@H](C(=O)N[C@@H](CCCNC(N)=O)C(=O)Nc1ccc(C(=O)N(C)[C@@H](C)C(=O)O[C@H]2CC(=O)N(C)c3cc(cc(OC)c3Cl)C/C(C)=C/C=C/[C@@H](OC)[C@@]3(O)C[C@H](OC(=O)N3)[C@@H](C)[C@@H]3O[C@@]23C)cc1O)C(C)C. The first kappa shape index (κ1) is 70.5. The number of amides is 8. The molecular formula is C60H82BrClN8O17. The van der Waals surface area contributed by atoms with Crippen molar-refractivity contribution in [3.63, 3.8) is 0 Å². The maximum atomic E-state index is 14.5. The number of fused-ring (bicyclic) bond motifs is 5. The predicted molar refractivity (Wildman–Crippen MR) is 325 cm³/mol. The number of primary amides is 1. The number of nitrogens with two attached hydrogens (primary N) is 1. The highest BCUT2D eigenvalue weighted by molar-refractivity contribution is 9.09. The van der Waals surface area contributed by atoms with Gasteiger partial charge in [0.2, 0.25) is 23.6 Å². The van der Waals surface area contributed by atoms with Crippen LogP contribution in [-0.4, -0.2) is 169 Å². The lowest BCUT2D eigenvalue weighted by Crippen LogP contribution is -2.63. The van der Waals surface area contributed by atoms with Crippen molar-refractivity contribution in [3.8, 4) is 11.5 Å². The Hall–Kier alpha value is -7.26. The van der Waals surface area contributed by atoms with Gasteiger partial charge in [-0.1, -0.05) is 78.7 Å². The van der Waals surface area contributed by atoms with Crippen LogP contribution in [0.1, 0.15) is 109 Å². The van der Waals surface area contributed by atoms with Crippen LogP contribution in [0.2, 0.25) is 5.02 Å². The molecule has 27 heteroatoms. The smallest absolute Gasteiger partial charge is 0.409 e. The van der Waals surface area contributed by atoms with Crippen molar-refractivity contribution in [2.24, 2.45) is 17.6 Å². The maximum Gasteiger partial charge on any atom is 0.409 e. The Morgan fingerprint density at radius 1 is 1.03 bits per heavy atom. The highest BCUT2D eigenvalue weighted by Gasteiger charge is 2.64. The number of epoxide rings is 1. The molecule has 25 nitrogen and oxygen atoms in total. The second-order valence-corrected chi connectivity index (χ2v) is 23.4. The van der Waals surface area contributed by atoms with Crippen LogP contribution in [0.25, 0.3) is 0 Å². The zero-order valence-electron chi connectivity index (χ0n) is 50.8. The molecule has 0 aromatic heterocycles. The summed E-state index contributed by atoms with van der Waals surface area (Å²) in [5, 5.41) is 36.5. The summed E-state index contributed by atoms with van der Waals surface area (Å²) < 4.78 is 34.6. The number of ether oxygens (including phenoxy) is 6. The number of carbonyl (C=O) groups is 9. The van der Waals surface area contributed by atoms with Crippen molar-refractivity contribution < 1.29 is 81.8 Å². The van der Waals surface area contributed by atoms with Crippen LogP contribution < -0.4 is 42.0 Å². The van der Waals surface area contributed by atoms with Crippen molar-refractivity contribution in [3.05, 3.63) is 82.4 Å². The lowest BCUT2D eigenvalue weighted by Gasteiger charge is -2.42. The van der Waals surface area contributed by atoms with Gasteiger partial charge in [0.05, 0.1) is 37.6 Å². The Balaban J connectivity index is 1.32. The molecule has 2 aromatic carbocycles. The summed E-state index contributed by atoms with van der Waals surface area (Å²) in [5.74, 6) is -6.05. The molecule has 9 N–H and O–H groups in total. The number of unbranched alkanes of at least 4 members (excludes halogenated alkanes) is 2. The summed E-state index contributed by atoms with van der Waals surface area (Å²) in [7, 11) is 5.66. The van der Waals surface area contributed by atoms with Crippen molar-refractivity contribution in [1.82, 2.24) is 26.2 Å².